The molecule has 2 aromatic rings. The number of rotatable bonds is 1. The third-order valence-electron chi connectivity index (χ3n) is 2.21. The summed E-state index contributed by atoms with van der Waals surface area (Å²) in [5.74, 6) is -0.286. The molecule has 2 rings (SSSR count). The van der Waals surface area contributed by atoms with Crippen LogP contribution in [0.3, 0.4) is 0 Å². The molecule has 3 heteroatoms. The Morgan fingerprint density at radius 1 is 1.43 bits per heavy atom. The zero-order valence-corrected chi connectivity index (χ0v) is 7.87. The lowest BCUT2D eigenvalue weighted by Crippen LogP contribution is -2.07. The van der Waals surface area contributed by atoms with Crippen LogP contribution in [-0.2, 0) is 0 Å². The summed E-state index contributed by atoms with van der Waals surface area (Å²) < 4.78 is 13.5. The Morgan fingerprint density at radius 2 is 2.21 bits per heavy atom. The minimum atomic E-state index is -0.292. The fraction of sp³-hybridized carbons (Fsp3) is 0.182. The van der Waals surface area contributed by atoms with Crippen molar-refractivity contribution in [1.82, 2.24) is 4.98 Å². The summed E-state index contributed by atoms with van der Waals surface area (Å²) in [6, 6.07) is 6.61. The molecule has 0 spiro atoms. The van der Waals surface area contributed by atoms with Gasteiger partial charge >= 0.3 is 0 Å². The van der Waals surface area contributed by atoms with E-state index in [1.807, 2.05) is 12.1 Å². The van der Waals surface area contributed by atoms with E-state index in [1.54, 1.807) is 19.2 Å². The molecule has 1 aromatic heterocycles. The topological polar surface area (TPSA) is 38.9 Å². The summed E-state index contributed by atoms with van der Waals surface area (Å²) in [4.78, 5) is 4.06. The third-order valence-corrected chi connectivity index (χ3v) is 2.21. The number of hydrogen-bond acceptors (Lipinski definition) is 2. The molecule has 1 aromatic carbocycles. The predicted octanol–water partition coefficient (Wildman–Crippen LogP) is 2.39. The Labute approximate surface area is 81.6 Å². The summed E-state index contributed by atoms with van der Waals surface area (Å²) >= 11 is 0. The van der Waals surface area contributed by atoms with Crippen molar-refractivity contribution in [2.75, 3.05) is 0 Å². The van der Waals surface area contributed by atoms with Crippen LogP contribution in [0.25, 0.3) is 10.9 Å². The fourth-order valence-corrected chi connectivity index (χ4v) is 1.46. The van der Waals surface area contributed by atoms with Crippen molar-refractivity contribution in [2.45, 2.75) is 13.0 Å². The first-order valence-corrected chi connectivity index (χ1v) is 4.48. The highest BCUT2D eigenvalue weighted by atomic mass is 19.1. The molecule has 1 atom stereocenters. The first-order chi connectivity index (χ1) is 6.68. The van der Waals surface area contributed by atoms with Crippen LogP contribution in [0.4, 0.5) is 4.39 Å². The van der Waals surface area contributed by atoms with E-state index in [-0.39, 0.29) is 11.9 Å². The maximum Gasteiger partial charge on any atom is 0.130 e. The number of aromatic nitrogens is 1. The van der Waals surface area contributed by atoms with Crippen LogP contribution in [0.15, 0.2) is 30.5 Å². The maximum atomic E-state index is 13.5. The molecule has 0 aliphatic heterocycles. The number of fused-ring (bicyclic) bond motifs is 1. The SMILES string of the molecule is CC(N)c1cc2cccnc2cc1F. The van der Waals surface area contributed by atoms with Gasteiger partial charge in [-0.3, -0.25) is 4.98 Å². The van der Waals surface area contributed by atoms with Crippen molar-refractivity contribution in [1.29, 1.82) is 0 Å². The van der Waals surface area contributed by atoms with Crippen LogP contribution in [0.5, 0.6) is 0 Å². The number of nitrogens with zero attached hydrogens (tertiary/aromatic N) is 1. The van der Waals surface area contributed by atoms with Crippen molar-refractivity contribution in [3.8, 4) is 0 Å². The van der Waals surface area contributed by atoms with Crippen LogP contribution < -0.4 is 5.73 Å². The lowest BCUT2D eigenvalue weighted by atomic mass is 10.1. The van der Waals surface area contributed by atoms with E-state index in [0.717, 1.165) is 5.39 Å². The van der Waals surface area contributed by atoms with Crippen molar-refractivity contribution in [2.24, 2.45) is 5.73 Å². The number of halogens is 1. The van der Waals surface area contributed by atoms with Gasteiger partial charge in [0, 0.05) is 29.3 Å². The lowest BCUT2D eigenvalue weighted by Gasteiger charge is -2.08. The molecular weight excluding hydrogens is 179 g/mol. The Kier molecular flexibility index (Phi) is 2.17. The standard InChI is InChI=1S/C11H11FN2/c1-7(13)9-5-8-3-2-4-14-11(8)6-10(9)12/h2-7H,13H2,1H3. The molecule has 0 amide bonds. The van der Waals surface area contributed by atoms with E-state index in [1.165, 1.54) is 6.07 Å². The second-order valence-electron chi connectivity index (χ2n) is 3.36. The smallest absolute Gasteiger partial charge is 0.130 e. The highest BCUT2D eigenvalue weighted by Crippen LogP contribution is 2.20. The molecule has 0 fully saturated rings. The van der Waals surface area contributed by atoms with E-state index >= 15 is 0 Å². The predicted molar refractivity (Wildman–Crippen MR) is 54.3 cm³/mol. The van der Waals surface area contributed by atoms with E-state index in [2.05, 4.69) is 4.98 Å². The minimum absolute atomic E-state index is 0.286. The molecule has 0 aliphatic carbocycles. The molecule has 72 valence electrons. The highest BCUT2D eigenvalue weighted by molar-refractivity contribution is 5.79. The average molecular weight is 190 g/mol. The monoisotopic (exact) mass is 190 g/mol. The Hall–Kier alpha value is -1.48. The quantitative estimate of drug-likeness (QED) is 0.749. The largest absolute Gasteiger partial charge is 0.324 e. The van der Waals surface area contributed by atoms with Gasteiger partial charge in [-0.05, 0) is 19.1 Å². The molecule has 0 saturated heterocycles. The van der Waals surface area contributed by atoms with Gasteiger partial charge in [-0.1, -0.05) is 6.07 Å². The van der Waals surface area contributed by atoms with Crippen LogP contribution in [-0.4, -0.2) is 4.98 Å². The molecule has 1 unspecified atom stereocenters. The first-order valence-electron chi connectivity index (χ1n) is 4.48. The lowest BCUT2D eigenvalue weighted by molar-refractivity contribution is 0.595. The fourth-order valence-electron chi connectivity index (χ4n) is 1.46. The normalized spacial score (nSPS) is 13.1. The van der Waals surface area contributed by atoms with E-state index in [9.17, 15) is 4.39 Å². The number of benzene rings is 1. The average Bonchev–Trinajstić information content (AvgIpc) is 2.16. The van der Waals surface area contributed by atoms with Gasteiger partial charge in [0.05, 0.1) is 5.52 Å². The summed E-state index contributed by atoms with van der Waals surface area (Å²) in [5.41, 5.74) is 6.84. The molecule has 2 nitrogen and oxygen atoms in total. The summed E-state index contributed by atoms with van der Waals surface area (Å²) in [7, 11) is 0. The molecule has 0 bridgehead atoms. The molecule has 0 radical (unpaired) electrons. The molecule has 0 aliphatic rings. The van der Waals surface area contributed by atoms with Gasteiger partial charge in [0.2, 0.25) is 0 Å². The summed E-state index contributed by atoms with van der Waals surface area (Å²) in [6.07, 6.45) is 1.65. The maximum absolute atomic E-state index is 13.5. The Morgan fingerprint density at radius 3 is 2.93 bits per heavy atom. The minimum Gasteiger partial charge on any atom is -0.324 e. The second kappa shape index (κ2) is 3.35. The van der Waals surface area contributed by atoms with Gasteiger partial charge in [-0.25, -0.2) is 4.39 Å². The second-order valence-corrected chi connectivity index (χ2v) is 3.36. The van der Waals surface area contributed by atoms with Gasteiger partial charge in [0.25, 0.3) is 0 Å². The summed E-state index contributed by atoms with van der Waals surface area (Å²) in [6.45, 7) is 1.76. The van der Waals surface area contributed by atoms with Crippen molar-refractivity contribution >= 4 is 10.9 Å². The van der Waals surface area contributed by atoms with Gasteiger partial charge in [-0.2, -0.15) is 0 Å². The van der Waals surface area contributed by atoms with Crippen LogP contribution in [0, 0.1) is 5.82 Å². The summed E-state index contributed by atoms with van der Waals surface area (Å²) in [5, 5.41) is 0.918. The van der Waals surface area contributed by atoms with Crippen LogP contribution in [0.2, 0.25) is 0 Å². The van der Waals surface area contributed by atoms with E-state index in [4.69, 9.17) is 5.73 Å². The molecule has 1 heterocycles. The molecule has 2 N–H and O–H groups in total. The zero-order valence-electron chi connectivity index (χ0n) is 7.87. The third kappa shape index (κ3) is 1.46. The van der Waals surface area contributed by atoms with Gasteiger partial charge in [0.1, 0.15) is 5.82 Å². The van der Waals surface area contributed by atoms with E-state index < -0.39 is 0 Å². The Balaban J connectivity index is 2.71. The van der Waals surface area contributed by atoms with Crippen LogP contribution in [0.1, 0.15) is 18.5 Å². The highest BCUT2D eigenvalue weighted by Gasteiger charge is 2.08. The van der Waals surface area contributed by atoms with E-state index in [0.29, 0.717) is 11.1 Å². The van der Waals surface area contributed by atoms with Crippen LogP contribution >= 0.6 is 0 Å². The van der Waals surface area contributed by atoms with Gasteiger partial charge < -0.3 is 5.73 Å². The number of nitrogens with two attached hydrogens (primary N) is 1. The zero-order chi connectivity index (χ0) is 10.1. The molecule has 14 heavy (non-hydrogen) atoms. The Bertz CT molecular complexity index is 466. The van der Waals surface area contributed by atoms with Gasteiger partial charge in [-0.15, -0.1) is 0 Å². The van der Waals surface area contributed by atoms with Crippen molar-refractivity contribution in [3.63, 3.8) is 0 Å². The molecule has 0 saturated carbocycles. The first kappa shape index (κ1) is 9.09. The van der Waals surface area contributed by atoms with Crippen molar-refractivity contribution < 1.29 is 4.39 Å². The number of pyridine rings is 1. The number of hydrogen-bond donors (Lipinski definition) is 1. The van der Waals surface area contributed by atoms with Crippen molar-refractivity contribution in [3.05, 3.63) is 41.8 Å². The van der Waals surface area contributed by atoms with Gasteiger partial charge in [0.15, 0.2) is 0 Å². The molecular formula is C11H11FN2.